The molecule has 1 aliphatic carbocycles. The highest BCUT2D eigenvalue weighted by Crippen LogP contribution is 2.33. The van der Waals surface area contributed by atoms with Crippen LogP contribution in [0.15, 0.2) is 18.2 Å². The molecule has 3 heteroatoms. The molecule has 1 N–H and O–H groups in total. The van der Waals surface area contributed by atoms with Gasteiger partial charge in [-0.15, -0.1) is 0 Å². The van der Waals surface area contributed by atoms with Gasteiger partial charge in [-0.3, -0.25) is 0 Å². The van der Waals surface area contributed by atoms with Crippen LogP contribution in [-0.4, -0.2) is 38.2 Å². The highest BCUT2D eigenvalue weighted by Gasteiger charge is 2.23. The van der Waals surface area contributed by atoms with Crippen LogP contribution in [0.2, 0.25) is 0 Å². The van der Waals surface area contributed by atoms with Gasteiger partial charge in [-0.2, -0.15) is 0 Å². The summed E-state index contributed by atoms with van der Waals surface area (Å²) in [6, 6.07) is 7.03. The van der Waals surface area contributed by atoms with E-state index in [-0.39, 0.29) is 0 Å². The first-order chi connectivity index (χ1) is 10.3. The van der Waals surface area contributed by atoms with Crippen molar-refractivity contribution >= 4 is 0 Å². The van der Waals surface area contributed by atoms with Crippen LogP contribution in [0.3, 0.4) is 0 Å². The molecule has 21 heavy (non-hydrogen) atoms. The van der Waals surface area contributed by atoms with Gasteiger partial charge in [0.05, 0.1) is 7.11 Å². The van der Waals surface area contributed by atoms with Gasteiger partial charge in [0.2, 0.25) is 0 Å². The molecule has 0 spiro atoms. The molecule has 0 amide bonds. The summed E-state index contributed by atoms with van der Waals surface area (Å²) < 4.78 is 5.36. The molecule has 0 saturated carbocycles. The van der Waals surface area contributed by atoms with Crippen LogP contribution in [-0.2, 0) is 6.42 Å². The number of methoxy groups -OCH3 is 1. The van der Waals surface area contributed by atoms with Crippen LogP contribution in [0.5, 0.6) is 5.75 Å². The zero-order valence-corrected chi connectivity index (χ0v) is 13.4. The lowest BCUT2D eigenvalue weighted by atomic mass is 9.99. The Kier molecular flexibility index (Phi) is 4.81. The molecule has 1 aromatic carbocycles. The van der Waals surface area contributed by atoms with Crippen molar-refractivity contribution in [3.8, 4) is 5.75 Å². The van der Waals surface area contributed by atoms with Gasteiger partial charge < -0.3 is 15.0 Å². The van der Waals surface area contributed by atoms with E-state index >= 15 is 0 Å². The number of likely N-dealkylation sites (tertiary alicyclic amines) is 1. The molecular weight excluding hydrogens is 260 g/mol. The second kappa shape index (κ2) is 6.80. The Morgan fingerprint density at radius 2 is 2.05 bits per heavy atom. The molecule has 1 aromatic rings. The molecule has 0 radical (unpaired) electrons. The first-order valence-electron chi connectivity index (χ1n) is 8.39. The van der Waals surface area contributed by atoms with E-state index in [4.69, 9.17) is 4.74 Å². The molecule has 1 saturated heterocycles. The maximum absolute atomic E-state index is 5.36. The molecule has 1 aliphatic heterocycles. The molecule has 0 bridgehead atoms. The Morgan fingerprint density at radius 3 is 2.81 bits per heavy atom. The SMILES string of the molecule is COc1ccc2c(c1)C(NCCN1CCC(C)CC1)CC2. The first-order valence-corrected chi connectivity index (χ1v) is 8.39. The summed E-state index contributed by atoms with van der Waals surface area (Å²) in [6.45, 7) is 7.20. The van der Waals surface area contributed by atoms with Crippen LogP contribution >= 0.6 is 0 Å². The standard InChI is InChI=1S/C18H28N2O/c1-14-7-10-20(11-8-14)12-9-19-18-6-4-15-3-5-16(21-2)13-17(15)18/h3,5,13-14,18-19H,4,6-12H2,1-2H3. The Balaban J connectivity index is 1.49. The van der Waals surface area contributed by atoms with Crippen molar-refractivity contribution in [2.75, 3.05) is 33.3 Å². The number of benzene rings is 1. The second-order valence-corrected chi connectivity index (χ2v) is 6.63. The lowest BCUT2D eigenvalue weighted by molar-refractivity contribution is 0.191. The Morgan fingerprint density at radius 1 is 1.24 bits per heavy atom. The summed E-state index contributed by atoms with van der Waals surface area (Å²) >= 11 is 0. The minimum atomic E-state index is 0.513. The maximum Gasteiger partial charge on any atom is 0.119 e. The summed E-state index contributed by atoms with van der Waals surface area (Å²) in [7, 11) is 1.75. The van der Waals surface area contributed by atoms with Crippen molar-refractivity contribution in [2.24, 2.45) is 5.92 Å². The summed E-state index contributed by atoms with van der Waals surface area (Å²) in [4.78, 5) is 2.61. The van der Waals surface area contributed by atoms with Gasteiger partial charge in [-0.1, -0.05) is 13.0 Å². The largest absolute Gasteiger partial charge is 0.497 e. The van der Waals surface area contributed by atoms with Crippen molar-refractivity contribution in [3.05, 3.63) is 29.3 Å². The van der Waals surface area contributed by atoms with E-state index in [9.17, 15) is 0 Å². The number of fused-ring (bicyclic) bond motifs is 1. The first kappa shape index (κ1) is 14.9. The smallest absolute Gasteiger partial charge is 0.119 e. The Hall–Kier alpha value is -1.06. The molecule has 2 aliphatic rings. The molecule has 1 heterocycles. The fourth-order valence-corrected chi connectivity index (χ4v) is 3.60. The van der Waals surface area contributed by atoms with Gasteiger partial charge in [-0.05, 0) is 68.0 Å². The molecule has 1 fully saturated rings. The van der Waals surface area contributed by atoms with Crippen LogP contribution in [0, 0.1) is 5.92 Å². The number of nitrogens with one attached hydrogen (secondary N) is 1. The van der Waals surface area contributed by atoms with E-state index in [0.717, 1.165) is 18.2 Å². The zero-order valence-electron chi connectivity index (χ0n) is 13.4. The number of ether oxygens (including phenoxy) is 1. The van der Waals surface area contributed by atoms with E-state index in [2.05, 4.69) is 35.3 Å². The third-order valence-electron chi connectivity index (χ3n) is 5.13. The average molecular weight is 288 g/mol. The number of hydrogen-bond donors (Lipinski definition) is 1. The number of aryl methyl sites for hydroxylation is 1. The minimum Gasteiger partial charge on any atom is -0.497 e. The average Bonchev–Trinajstić information content (AvgIpc) is 2.91. The molecule has 3 nitrogen and oxygen atoms in total. The highest BCUT2D eigenvalue weighted by atomic mass is 16.5. The third kappa shape index (κ3) is 3.58. The summed E-state index contributed by atoms with van der Waals surface area (Å²) in [5.74, 6) is 1.90. The van der Waals surface area contributed by atoms with Gasteiger partial charge >= 0.3 is 0 Å². The fourth-order valence-electron chi connectivity index (χ4n) is 3.60. The number of nitrogens with zero attached hydrogens (tertiary/aromatic N) is 1. The van der Waals surface area contributed by atoms with Crippen LogP contribution in [0.4, 0.5) is 0 Å². The van der Waals surface area contributed by atoms with Crippen LogP contribution < -0.4 is 10.1 Å². The molecule has 1 unspecified atom stereocenters. The van der Waals surface area contributed by atoms with Crippen LogP contribution in [0.1, 0.15) is 43.4 Å². The van der Waals surface area contributed by atoms with Gasteiger partial charge in [0, 0.05) is 19.1 Å². The second-order valence-electron chi connectivity index (χ2n) is 6.63. The van der Waals surface area contributed by atoms with E-state index < -0.39 is 0 Å². The summed E-state index contributed by atoms with van der Waals surface area (Å²) in [6.07, 6.45) is 5.14. The van der Waals surface area contributed by atoms with E-state index in [0.29, 0.717) is 6.04 Å². The van der Waals surface area contributed by atoms with Crippen molar-refractivity contribution in [1.82, 2.24) is 10.2 Å². The van der Waals surface area contributed by atoms with Gasteiger partial charge in [0.25, 0.3) is 0 Å². The molecule has 116 valence electrons. The van der Waals surface area contributed by atoms with Gasteiger partial charge in [0.15, 0.2) is 0 Å². The molecule has 0 aromatic heterocycles. The van der Waals surface area contributed by atoms with Crippen molar-refractivity contribution in [1.29, 1.82) is 0 Å². The number of piperidine rings is 1. The normalized spacial score (nSPS) is 23.2. The lowest BCUT2D eigenvalue weighted by Gasteiger charge is -2.30. The Labute approximate surface area is 128 Å². The van der Waals surface area contributed by atoms with Gasteiger partial charge in [0.1, 0.15) is 5.75 Å². The predicted octanol–water partition coefficient (Wildman–Crippen LogP) is 3.00. The predicted molar refractivity (Wildman–Crippen MR) is 86.9 cm³/mol. The topological polar surface area (TPSA) is 24.5 Å². The summed E-state index contributed by atoms with van der Waals surface area (Å²) in [5, 5.41) is 3.75. The molecular formula is C18H28N2O. The minimum absolute atomic E-state index is 0.513. The number of hydrogen-bond acceptors (Lipinski definition) is 3. The van der Waals surface area contributed by atoms with E-state index in [1.54, 1.807) is 7.11 Å². The highest BCUT2D eigenvalue weighted by molar-refractivity contribution is 5.40. The Bertz CT molecular complexity index is 466. The maximum atomic E-state index is 5.36. The number of rotatable bonds is 5. The van der Waals surface area contributed by atoms with Crippen molar-refractivity contribution < 1.29 is 4.74 Å². The quantitative estimate of drug-likeness (QED) is 0.901. The fraction of sp³-hybridized carbons (Fsp3) is 0.667. The molecule has 1 atom stereocenters. The summed E-state index contributed by atoms with van der Waals surface area (Å²) in [5.41, 5.74) is 2.93. The third-order valence-corrected chi connectivity index (χ3v) is 5.13. The van der Waals surface area contributed by atoms with Crippen LogP contribution in [0.25, 0.3) is 0 Å². The lowest BCUT2D eigenvalue weighted by Crippen LogP contribution is -2.38. The van der Waals surface area contributed by atoms with Gasteiger partial charge in [-0.25, -0.2) is 0 Å². The van der Waals surface area contributed by atoms with Crippen molar-refractivity contribution in [2.45, 2.75) is 38.6 Å². The monoisotopic (exact) mass is 288 g/mol. The van der Waals surface area contributed by atoms with E-state index in [1.165, 1.54) is 56.4 Å². The molecule has 3 rings (SSSR count). The van der Waals surface area contributed by atoms with E-state index in [1.807, 2.05) is 0 Å². The zero-order chi connectivity index (χ0) is 14.7. The van der Waals surface area contributed by atoms with Crippen molar-refractivity contribution in [3.63, 3.8) is 0 Å².